The third kappa shape index (κ3) is 3.81. The van der Waals surface area contributed by atoms with Gasteiger partial charge in [-0.1, -0.05) is 24.3 Å². The van der Waals surface area contributed by atoms with Crippen LogP contribution < -0.4 is 10.0 Å². The molecule has 0 aromatic heterocycles. The number of aryl methyl sites for hydroxylation is 1. The first-order valence-corrected chi connectivity index (χ1v) is 8.33. The van der Waals surface area contributed by atoms with Crippen molar-refractivity contribution in [2.24, 2.45) is 0 Å². The van der Waals surface area contributed by atoms with Gasteiger partial charge in [0.25, 0.3) is 0 Å². The molecule has 116 valence electrons. The number of sulfonamides is 1. The van der Waals surface area contributed by atoms with Crippen molar-refractivity contribution in [3.63, 3.8) is 0 Å². The fourth-order valence-electron chi connectivity index (χ4n) is 2.37. The molecule has 0 spiro atoms. The zero-order valence-corrected chi connectivity index (χ0v) is 12.9. The number of hydrogen-bond acceptors (Lipinski definition) is 5. The summed E-state index contributed by atoms with van der Waals surface area (Å²) in [6.45, 7) is 2.45. The van der Waals surface area contributed by atoms with Crippen LogP contribution in [0.15, 0.2) is 24.3 Å². The Kier molecular flexibility index (Phi) is 4.97. The minimum absolute atomic E-state index is 0.232. The van der Waals surface area contributed by atoms with Crippen molar-refractivity contribution in [2.45, 2.75) is 31.2 Å². The van der Waals surface area contributed by atoms with Gasteiger partial charge in [0.1, 0.15) is 6.04 Å². The van der Waals surface area contributed by atoms with Crippen molar-refractivity contribution >= 4 is 16.0 Å². The summed E-state index contributed by atoms with van der Waals surface area (Å²) >= 11 is 0. The second kappa shape index (κ2) is 6.55. The average molecular weight is 312 g/mol. The van der Waals surface area contributed by atoms with Crippen molar-refractivity contribution in [2.75, 3.05) is 13.7 Å². The molecule has 0 bridgehead atoms. The van der Waals surface area contributed by atoms with Crippen LogP contribution in [0.4, 0.5) is 0 Å². The van der Waals surface area contributed by atoms with E-state index in [0.717, 1.165) is 11.1 Å². The van der Waals surface area contributed by atoms with E-state index < -0.39 is 27.3 Å². The number of methoxy groups -OCH3 is 1. The van der Waals surface area contributed by atoms with Crippen molar-refractivity contribution in [1.29, 1.82) is 0 Å². The van der Waals surface area contributed by atoms with Crippen LogP contribution in [-0.4, -0.2) is 39.3 Å². The summed E-state index contributed by atoms with van der Waals surface area (Å²) in [5.74, 6) is -0.424. The Hall–Kier alpha value is -1.44. The highest BCUT2D eigenvalue weighted by atomic mass is 32.2. The number of carbonyl (C=O) groups excluding carboxylic acids is 1. The monoisotopic (exact) mass is 312 g/mol. The van der Waals surface area contributed by atoms with Crippen LogP contribution in [0.1, 0.15) is 17.5 Å². The molecule has 21 heavy (non-hydrogen) atoms. The molecule has 1 aliphatic heterocycles. The maximum Gasteiger partial charge on any atom is 0.322 e. The van der Waals surface area contributed by atoms with E-state index in [0.29, 0.717) is 0 Å². The summed E-state index contributed by atoms with van der Waals surface area (Å²) < 4.78 is 31.8. The molecule has 1 fully saturated rings. The molecule has 2 N–H and O–H groups in total. The van der Waals surface area contributed by atoms with E-state index in [1.165, 1.54) is 7.11 Å². The van der Waals surface area contributed by atoms with E-state index in [9.17, 15) is 13.2 Å². The smallest absolute Gasteiger partial charge is 0.322 e. The Labute approximate surface area is 124 Å². The van der Waals surface area contributed by atoms with Crippen LogP contribution in [0.3, 0.4) is 0 Å². The lowest BCUT2D eigenvalue weighted by molar-refractivity contribution is -0.142. The Morgan fingerprint density at radius 1 is 1.43 bits per heavy atom. The summed E-state index contributed by atoms with van der Waals surface area (Å²) in [5, 5.41) is 2.26. The maximum absolute atomic E-state index is 12.3. The van der Waals surface area contributed by atoms with Crippen LogP contribution in [0.25, 0.3) is 0 Å². The predicted molar refractivity (Wildman–Crippen MR) is 79.2 cm³/mol. The predicted octanol–water partition coefficient (Wildman–Crippen LogP) is 0.318. The minimum atomic E-state index is -3.47. The Morgan fingerprint density at radius 2 is 2.14 bits per heavy atom. The van der Waals surface area contributed by atoms with Crippen molar-refractivity contribution in [1.82, 2.24) is 10.0 Å². The number of nitrogens with one attached hydrogen (secondary N) is 2. The topological polar surface area (TPSA) is 84.5 Å². The zero-order valence-electron chi connectivity index (χ0n) is 12.1. The van der Waals surface area contributed by atoms with Gasteiger partial charge in [0, 0.05) is 13.1 Å². The highest BCUT2D eigenvalue weighted by Gasteiger charge is 2.37. The SMILES string of the molecule is COC(=O)C1CC(S(=O)(=O)NCc2ccccc2C)CN1. The summed E-state index contributed by atoms with van der Waals surface area (Å²) in [6, 6.07) is 7.07. The second-order valence-electron chi connectivity index (χ2n) is 5.13. The van der Waals surface area contributed by atoms with Gasteiger partial charge in [0.05, 0.1) is 12.4 Å². The molecular formula is C14H20N2O4S. The standard InChI is InChI=1S/C14H20N2O4S/c1-10-5-3-4-6-11(10)8-16-21(18,19)12-7-13(15-9-12)14(17)20-2/h3-6,12-13,15-16H,7-9H2,1-2H3. The van der Waals surface area contributed by atoms with Gasteiger partial charge in [0.15, 0.2) is 0 Å². The van der Waals surface area contributed by atoms with Gasteiger partial charge in [-0.25, -0.2) is 13.1 Å². The van der Waals surface area contributed by atoms with Gasteiger partial charge in [-0.15, -0.1) is 0 Å². The van der Waals surface area contributed by atoms with Gasteiger partial charge in [0.2, 0.25) is 10.0 Å². The number of esters is 1. The molecular weight excluding hydrogens is 292 g/mol. The molecule has 0 amide bonds. The Balaban J connectivity index is 1.97. The molecule has 1 aromatic carbocycles. The summed E-state index contributed by atoms with van der Waals surface area (Å²) in [6.07, 6.45) is 0.232. The van der Waals surface area contributed by atoms with E-state index in [1.54, 1.807) is 0 Å². The minimum Gasteiger partial charge on any atom is -0.468 e. The fraction of sp³-hybridized carbons (Fsp3) is 0.500. The van der Waals surface area contributed by atoms with Crippen LogP contribution in [0.2, 0.25) is 0 Å². The molecule has 0 aliphatic carbocycles. The molecule has 2 rings (SSSR count). The normalized spacial score (nSPS) is 22.2. The first kappa shape index (κ1) is 15.9. The molecule has 0 saturated carbocycles. The number of carbonyl (C=O) groups is 1. The van der Waals surface area contributed by atoms with Crippen LogP contribution in [0.5, 0.6) is 0 Å². The number of benzene rings is 1. The molecule has 0 radical (unpaired) electrons. The molecule has 1 aromatic rings. The van der Waals surface area contributed by atoms with Crippen LogP contribution in [0, 0.1) is 6.92 Å². The van der Waals surface area contributed by atoms with E-state index >= 15 is 0 Å². The molecule has 1 heterocycles. The largest absolute Gasteiger partial charge is 0.468 e. The molecule has 1 aliphatic rings. The van der Waals surface area contributed by atoms with E-state index in [-0.39, 0.29) is 19.5 Å². The maximum atomic E-state index is 12.3. The lowest BCUT2D eigenvalue weighted by Crippen LogP contribution is -2.35. The van der Waals surface area contributed by atoms with E-state index in [1.807, 2.05) is 31.2 Å². The lowest BCUT2D eigenvalue weighted by Gasteiger charge is -2.13. The Morgan fingerprint density at radius 3 is 2.81 bits per heavy atom. The molecule has 6 nitrogen and oxygen atoms in total. The third-order valence-electron chi connectivity index (χ3n) is 3.74. The van der Waals surface area contributed by atoms with Gasteiger partial charge in [-0.05, 0) is 24.5 Å². The van der Waals surface area contributed by atoms with Gasteiger partial charge < -0.3 is 10.1 Å². The summed E-state index contributed by atoms with van der Waals surface area (Å²) in [7, 11) is -2.18. The third-order valence-corrected chi connectivity index (χ3v) is 5.52. The molecule has 1 saturated heterocycles. The first-order valence-electron chi connectivity index (χ1n) is 6.78. The molecule has 7 heteroatoms. The highest BCUT2D eigenvalue weighted by molar-refractivity contribution is 7.90. The zero-order chi connectivity index (χ0) is 15.5. The van der Waals surface area contributed by atoms with E-state index in [2.05, 4.69) is 14.8 Å². The fourth-order valence-corrected chi connectivity index (χ4v) is 3.72. The number of ether oxygens (including phenoxy) is 1. The Bertz CT molecular complexity index is 615. The summed E-state index contributed by atoms with van der Waals surface area (Å²) in [4.78, 5) is 11.4. The molecule has 2 atom stereocenters. The van der Waals surface area contributed by atoms with Crippen LogP contribution in [-0.2, 0) is 26.1 Å². The number of hydrogen-bond donors (Lipinski definition) is 2. The van der Waals surface area contributed by atoms with Crippen molar-refractivity contribution in [3.8, 4) is 0 Å². The highest BCUT2D eigenvalue weighted by Crippen LogP contribution is 2.16. The van der Waals surface area contributed by atoms with Gasteiger partial charge in [-0.3, -0.25) is 4.79 Å². The average Bonchev–Trinajstić information content (AvgIpc) is 2.96. The quantitative estimate of drug-likeness (QED) is 0.765. The van der Waals surface area contributed by atoms with Crippen molar-refractivity contribution in [3.05, 3.63) is 35.4 Å². The second-order valence-corrected chi connectivity index (χ2v) is 7.18. The lowest BCUT2D eigenvalue weighted by atomic mass is 10.1. The molecule has 2 unspecified atom stereocenters. The summed E-state index contributed by atoms with van der Waals surface area (Å²) in [5.41, 5.74) is 1.98. The number of rotatable bonds is 5. The first-order chi connectivity index (χ1) is 9.94. The van der Waals surface area contributed by atoms with Gasteiger partial charge in [-0.2, -0.15) is 0 Å². The van der Waals surface area contributed by atoms with Crippen LogP contribution >= 0.6 is 0 Å². The van der Waals surface area contributed by atoms with Gasteiger partial charge >= 0.3 is 5.97 Å². The van der Waals surface area contributed by atoms with Crippen molar-refractivity contribution < 1.29 is 17.9 Å². The van der Waals surface area contributed by atoms with E-state index in [4.69, 9.17) is 0 Å².